The van der Waals surface area contributed by atoms with Gasteiger partial charge in [0.05, 0.1) is 7.11 Å². The molecule has 20 heavy (non-hydrogen) atoms. The number of benzene rings is 1. The summed E-state index contributed by atoms with van der Waals surface area (Å²) in [5, 5.41) is 5.87. The molecule has 108 valence electrons. The Morgan fingerprint density at radius 2 is 2.15 bits per heavy atom. The molecule has 0 spiro atoms. The summed E-state index contributed by atoms with van der Waals surface area (Å²) in [6.07, 6.45) is 0.642. The van der Waals surface area contributed by atoms with Crippen LogP contribution < -0.4 is 15.5 Å². The first-order valence-electron chi connectivity index (χ1n) is 6.65. The van der Waals surface area contributed by atoms with E-state index in [1.54, 1.807) is 4.90 Å². The molecular formula is C14H19N3O3. The summed E-state index contributed by atoms with van der Waals surface area (Å²) in [7, 11) is 1.38. The first-order valence-corrected chi connectivity index (χ1v) is 6.65. The minimum Gasteiger partial charge on any atom is -0.467 e. The highest BCUT2D eigenvalue weighted by atomic mass is 16.5. The molecule has 1 saturated heterocycles. The quantitative estimate of drug-likeness (QED) is 0.802. The number of anilines is 2. The number of carbonyl (C=O) groups is 2. The van der Waals surface area contributed by atoms with E-state index in [0.717, 1.165) is 11.4 Å². The van der Waals surface area contributed by atoms with Crippen LogP contribution in [0.1, 0.15) is 13.3 Å². The molecule has 6 heteroatoms. The molecule has 1 atom stereocenters. The van der Waals surface area contributed by atoms with E-state index >= 15 is 0 Å². The van der Waals surface area contributed by atoms with E-state index in [-0.39, 0.29) is 18.0 Å². The van der Waals surface area contributed by atoms with Gasteiger partial charge in [-0.25, -0.2) is 9.59 Å². The highest BCUT2D eigenvalue weighted by Gasteiger charge is 2.21. The Bertz CT molecular complexity index is 487. The van der Waals surface area contributed by atoms with Crippen molar-refractivity contribution in [2.24, 2.45) is 0 Å². The first kappa shape index (κ1) is 14.2. The number of urea groups is 1. The van der Waals surface area contributed by atoms with Gasteiger partial charge in [0, 0.05) is 24.5 Å². The van der Waals surface area contributed by atoms with Gasteiger partial charge in [0.15, 0.2) is 0 Å². The second kappa shape index (κ2) is 6.27. The molecule has 1 aliphatic heterocycles. The third-order valence-electron chi connectivity index (χ3n) is 3.27. The van der Waals surface area contributed by atoms with Gasteiger partial charge in [0.25, 0.3) is 0 Å². The number of esters is 1. The summed E-state index contributed by atoms with van der Waals surface area (Å²) in [5.74, 6) is -0.282. The van der Waals surface area contributed by atoms with E-state index in [4.69, 9.17) is 4.74 Å². The predicted molar refractivity (Wildman–Crippen MR) is 76.9 cm³/mol. The van der Waals surface area contributed by atoms with Gasteiger partial charge in [0.2, 0.25) is 0 Å². The largest absolute Gasteiger partial charge is 0.467 e. The van der Waals surface area contributed by atoms with Crippen LogP contribution in [0.4, 0.5) is 16.2 Å². The molecule has 0 bridgehead atoms. The Hall–Kier alpha value is -2.24. The normalized spacial score (nSPS) is 15.7. The fraction of sp³-hybridized carbons (Fsp3) is 0.429. The van der Waals surface area contributed by atoms with Crippen LogP contribution >= 0.6 is 0 Å². The number of carbonyl (C=O) groups excluding carboxylic acids is 2. The summed E-state index contributed by atoms with van der Waals surface area (Å²) in [5.41, 5.74) is 1.67. The molecule has 0 aliphatic carbocycles. The zero-order valence-corrected chi connectivity index (χ0v) is 11.7. The van der Waals surface area contributed by atoms with Gasteiger partial charge in [-0.3, -0.25) is 4.90 Å². The molecule has 1 aromatic rings. The van der Waals surface area contributed by atoms with Crippen molar-refractivity contribution in [3.8, 4) is 0 Å². The average molecular weight is 277 g/mol. The third kappa shape index (κ3) is 3.01. The van der Waals surface area contributed by atoms with Crippen LogP contribution in [0.5, 0.6) is 0 Å². The van der Waals surface area contributed by atoms with Crippen LogP contribution in [-0.4, -0.2) is 38.2 Å². The summed E-state index contributed by atoms with van der Waals surface area (Å²) in [6.45, 7) is 3.25. The Morgan fingerprint density at radius 3 is 2.65 bits per heavy atom. The molecule has 6 nitrogen and oxygen atoms in total. The molecule has 1 unspecified atom stereocenters. The molecule has 1 fully saturated rings. The van der Waals surface area contributed by atoms with Crippen molar-refractivity contribution >= 4 is 23.4 Å². The minimum absolute atomic E-state index is 0.0771. The maximum atomic E-state index is 11.5. The van der Waals surface area contributed by atoms with Crippen molar-refractivity contribution in [3.05, 3.63) is 24.3 Å². The molecule has 1 aliphatic rings. The lowest BCUT2D eigenvalue weighted by Crippen LogP contribution is -2.30. The highest BCUT2D eigenvalue weighted by Crippen LogP contribution is 2.20. The lowest BCUT2D eigenvalue weighted by molar-refractivity contribution is -0.141. The maximum Gasteiger partial charge on any atom is 0.328 e. The topological polar surface area (TPSA) is 70.7 Å². The van der Waals surface area contributed by atoms with Gasteiger partial charge in [0.1, 0.15) is 6.04 Å². The minimum atomic E-state index is -0.360. The van der Waals surface area contributed by atoms with E-state index in [1.807, 2.05) is 31.2 Å². The number of hydrogen-bond donors (Lipinski definition) is 2. The van der Waals surface area contributed by atoms with Crippen molar-refractivity contribution in [2.75, 3.05) is 30.4 Å². The first-order chi connectivity index (χ1) is 9.65. The van der Waals surface area contributed by atoms with Crippen LogP contribution in [0.25, 0.3) is 0 Å². The van der Waals surface area contributed by atoms with Crippen LogP contribution in [0.2, 0.25) is 0 Å². The van der Waals surface area contributed by atoms with E-state index in [9.17, 15) is 9.59 Å². The molecule has 1 aromatic carbocycles. The Balaban J connectivity index is 2.04. The SMILES string of the molecule is CCC(Nc1ccc(N2CCNC2=O)cc1)C(=O)OC. The fourth-order valence-corrected chi connectivity index (χ4v) is 2.13. The Labute approximate surface area is 118 Å². The zero-order chi connectivity index (χ0) is 14.5. The second-order valence-corrected chi connectivity index (χ2v) is 4.56. The van der Waals surface area contributed by atoms with E-state index < -0.39 is 0 Å². The Morgan fingerprint density at radius 1 is 1.45 bits per heavy atom. The molecular weight excluding hydrogens is 258 g/mol. The number of nitrogens with one attached hydrogen (secondary N) is 2. The molecule has 2 N–H and O–H groups in total. The highest BCUT2D eigenvalue weighted by molar-refractivity contribution is 5.94. The molecule has 0 aromatic heterocycles. The van der Waals surface area contributed by atoms with Crippen LogP contribution in [0, 0.1) is 0 Å². The standard InChI is InChI=1S/C14H19N3O3/c1-3-12(13(18)20-2)16-10-4-6-11(7-5-10)17-9-8-15-14(17)19/h4-7,12,16H,3,8-9H2,1-2H3,(H,15,19). The van der Waals surface area contributed by atoms with Crippen molar-refractivity contribution in [3.63, 3.8) is 0 Å². The fourth-order valence-electron chi connectivity index (χ4n) is 2.13. The molecule has 1 heterocycles. The molecule has 2 amide bonds. The van der Waals surface area contributed by atoms with Gasteiger partial charge in [-0.2, -0.15) is 0 Å². The van der Waals surface area contributed by atoms with Crippen molar-refractivity contribution in [1.29, 1.82) is 0 Å². The molecule has 0 radical (unpaired) electrons. The number of hydrogen-bond acceptors (Lipinski definition) is 4. The Kier molecular flexibility index (Phi) is 4.45. The lowest BCUT2D eigenvalue weighted by atomic mass is 10.2. The summed E-state index contributed by atoms with van der Waals surface area (Å²) in [4.78, 5) is 24.8. The summed E-state index contributed by atoms with van der Waals surface area (Å²) < 4.78 is 4.73. The molecule has 2 rings (SSSR count). The van der Waals surface area contributed by atoms with Crippen LogP contribution in [0.15, 0.2) is 24.3 Å². The van der Waals surface area contributed by atoms with Crippen LogP contribution in [0.3, 0.4) is 0 Å². The number of ether oxygens (including phenoxy) is 1. The second-order valence-electron chi connectivity index (χ2n) is 4.56. The number of nitrogens with zero attached hydrogens (tertiary/aromatic N) is 1. The van der Waals surface area contributed by atoms with Gasteiger partial charge in [-0.1, -0.05) is 6.92 Å². The smallest absolute Gasteiger partial charge is 0.328 e. The monoisotopic (exact) mass is 277 g/mol. The van der Waals surface area contributed by atoms with E-state index in [1.165, 1.54) is 7.11 Å². The molecule has 0 saturated carbocycles. The zero-order valence-electron chi connectivity index (χ0n) is 11.7. The van der Waals surface area contributed by atoms with Gasteiger partial charge in [-0.05, 0) is 30.7 Å². The number of rotatable bonds is 5. The van der Waals surface area contributed by atoms with E-state index in [0.29, 0.717) is 19.5 Å². The predicted octanol–water partition coefficient (Wildman–Crippen LogP) is 1.58. The lowest BCUT2D eigenvalue weighted by Gasteiger charge is -2.18. The van der Waals surface area contributed by atoms with Crippen molar-refractivity contribution < 1.29 is 14.3 Å². The van der Waals surface area contributed by atoms with Gasteiger partial charge < -0.3 is 15.4 Å². The van der Waals surface area contributed by atoms with Crippen LogP contribution in [-0.2, 0) is 9.53 Å². The summed E-state index contributed by atoms with van der Waals surface area (Å²) in [6, 6.07) is 6.99. The number of methoxy groups -OCH3 is 1. The van der Waals surface area contributed by atoms with Gasteiger partial charge >= 0.3 is 12.0 Å². The van der Waals surface area contributed by atoms with E-state index in [2.05, 4.69) is 10.6 Å². The van der Waals surface area contributed by atoms with Gasteiger partial charge in [-0.15, -0.1) is 0 Å². The average Bonchev–Trinajstić information content (AvgIpc) is 2.90. The van der Waals surface area contributed by atoms with Crippen molar-refractivity contribution in [1.82, 2.24) is 5.32 Å². The summed E-state index contributed by atoms with van der Waals surface area (Å²) >= 11 is 0. The third-order valence-corrected chi connectivity index (χ3v) is 3.27. The maximum absolute atomic E-state index is 11.5. The van der Waals surface area contributed by atoms with Crippen molar-refractivity contribution in [2.45, 2.75) is 19.4 Å². The number of amides is 2.